The number of anilines is 2. The SMILES string of the molecule is Cc1ccc(N)cc1C(=O)Nc1ccc(CCN2CCSCC2)cc1.Cl.Cl. The van der Waals surface area contributed by atoms with Crippen molar-refractivity contribution in [1.29, 1.82) is 0 Å². The second-order valence-electron chi connectivity index (χ2n) is 6.43. The van der Waals surface area contributed by atoms with Gasteiger partial charge in [0.25, 0.3) is 5.91 Å². The predicted molar refractivity (Wildman–Crippen MR) is 122 cm³/mol. The largest absolute Gasteiger partial charge is 0.399 e. The molecule has 2 aromatic rings. The van der Waals surface area contributed by atoms with Gasteiger partial charge in [0.2, 0.25) is 0 Å². The Kier molecular flexibility index (Phi) is 10.0. The molecule has 27 heavy (non-hydrogen) atoms. The summed E-state index contributed by atoms with van der Waals surface area (Å²) in [5, 5.41) is 2.95. The molecule has 1 heterocycles. The molecule has 1 saturated heterocycles. The van der Waals surface area contributed by atoms with Gasteiger partial charge in [-0.2, -0.15) is 11.8 Å². The minimum absolute atomic E-state index is 0. The van der Waals surface area contributed by atoms with Crippen LogP contribution in [0.25, 0.3) is 0 Å². The van der Waals surface area contributed by atoms with E-state index in [1.165, 1.54) is 30.2 Å². The molecule has 0 radical (unpaired) electrons. The van der Waals surface area contributed by atoms with E-state index in [1.807, 2.05) is 43.0 Å². The smallest absolute Gasteiger partial charge is 0.256 e. The Morgan fingerprint density at radius 1 is 1.11 bits per heavy atom. The number of hydrogen-bond donors (Lipinski definition) is 2. The van der Waals surface area contributed by atoms with Crippen LogP contribution in [0.3, 0.4) is 0 Å². The summed E-state index contributed by atoms with van der Waals surface area (Å²) in [5.41, 5.74) is 10.0. The lowest BCUT2D eigenvalue weighted by molar-refractivity contribution is 0.102. The summed E-state index contributed by atoms with van der Waals surface area (Å²) in [6.45, 7) is 5.40. The van der Waals surface area contributed by atoms with E-state index in [4.69, 9.17) is 5.73 Å². The van der Waals surface area contributed by atoms with Gasteiger partial charge in [-0.25, -0.2) is 0 Å². The van der Waals surface area contributed by atoms with Crippen molar-refractivity contribution < 1.29 is 4.79 Å². The van der Waals surface area contributed by atoms with Crippen LogP contribution in [0, 0.1) is 6.92 Å². The van der Waals surface area contributed by atoms with Crippen LogP contribution in [0.1, 0.15) is 21.5 Å². The summed E-state index contributed by atoms with van der Waals surface area (Å²) in [4.78, 5) is 15.0. The topological polar surface area (TPSA) is 58.4 Å². The molecule has 0 saturated carbocycles. The van der Waals surface area contributed by atoms with Crippen LogP contribution in [-0.2, 0) is 6.42 Å². The molecule has 0 bridgehead atoms. The van der Waals surface area contributed by atoms with Gasteiger partial charge < -0.3 is 16.0 Å². The average molecular weight is 428 g/mol. The number of hydrogen-bond acceptors (Lipinski definition) is 4. The summed E-state index contributed by atoms with van der Waals surface area (Å²) in [6, 6.07) is 13.5. The quantitative estimate of drug-likeness (QED) is 0.699. The van der Waals surface area contributed by atoms with E-state index < -0.39 is 0 Å². The van der Waals surface area contributed by atoms with Crippen molar-refractivity contribution in [1.82, 2.24) is 4.90 Å². The number of nitrogens with zero attached hydrogens (tertiary/aromatic N) is 1. The zero-order chi connectivity index (χ0) is 17.6. The minimum atomic E-state index is -0.122. The maximum atomic E-state index is 12.4. The molecule has 1 aliphatic rings. The normalized spacial score (nSPS) is 14.0. The first kappa shape index (κ1) is 23.6. The van der Waals surface area contributed by atoms with Gasteiger partial charge in [0, 0.05) is 48.1 Å². The van der Waals surface area contributed by atoms with E-state index in [1.54, 1.807) is 6.07 Å². The zero-order valence-corrected chi connectivity index (χ0v) is 17.9. The molecule has 148 valence electrons. The van der Waals surface area contributed by atoms with Crippen molar-refractivity contribution in [2.24, 2.45) is 0 Å². The van der Waals surface area contributed by atoms with Crippen LogP contribution in [0.5, 0.6) is 0 Å². The van der Waals surface area contributed by atoms with E-state index in [0.29, 0.717) is 11.3 Å². The molecular weight excluding hydrogens is 401 g/mol. The highest BCUT2D eigenvalue weighted by Gasteiger charge is 2.11. The molecule has 4 nitrogen and oxygen atoms in total. The molecule has 2 aromatic carbocycles. The molecule has 3 rings (SSSR count). The fraction of sp³-hybridized carbons (Fsp3) is 0.350. The van der Waals surface area contributed by atoms with Gasteiger partial charge in [-0.1, -0.05) is 18.2 Å². The molecule has 0 aromatic heterocycles. The molecule has 0 aliphatic carbocycles. The first-order valence-electron chi connectivity index (χ1n) is 8.68. The lowest BCUT2D eigenvalue weighted by Crippen LogP contribution is -2.34. The molecule has 0 spiro atoms. The summed E-state index contributed by atoms with van der Waals surface area (Å²) in [7, 11) is 0. The van der Waals surface area contributed by atoms with E-state index in [0.717, 1.165) is 24.2 Å². The third-order valence-corrected chi connectivity index (χ3v) is 5.48. The Balaban J connectivity index is 0.00000182. The zero-order valence-electron chi connectivity index (χ0n) is 15.4. The molecule has 1 amide bonds. The highest BCUT2D eigenvalue weighted by Crippen LogP contribution is 2.17. The van der Waals surface area contributed by atoms with Crippen LogP contribution in [0.4, 0.5) is 11.4 Å². The predicted octanol–water partition coefficient (Wildman–Crippen LogP) is 4.26. The summed E-state index contributed by atoms with van der Waals surface area (Å²) < 4.78 is 0. The summed E-state index contributed by atoms with van der Waals surface area (Å²) >= 11 is 2.04. The number of thioether (sulfide) groups is 1. The number of benzene rings is 2. The lowest BCUT2D eigenvalue weighted by Gasteiger charge is -2.26. The molecule has 1 fully saturated rings. The van der Waals surface area contributed by atoms with E-state index in [2.05, 4.69) is 22.3 Å². The van der Waals surface area contributed by atoms with Crippen LogP contribution in [-0.4, -0.2) is 41.9 Å². The van der Waals surface area contributed by atoms with Crippen molar-refractivity contribution >= 4 is 53.9 Å². The number of carbonyl (C=O) groups is 1. The van der Waals surface area contributed by atoms with Gasteiger partial charge in [0.05, 0.1) is 0 Å². The van der Waals surface area contributed by atoms with Crippen LogP contribution in [0.15, 0.2) is 42.5 Å². The van der Waals surface area contributed by atoms with Crippen molar-refractivity contribution in [2.45, 2.75) is 13.3 Å². The first-order valence-corrected chi connectivity index (χ1v) is 9.84. The second-order valence-corrected chi connectivity index (χ2v) is 7.65. The number of nitrogens with two attached hydrogens (primary N) is 1. The molecule has 7 heteroatoms. The van der Waals surface area contributed by atoms with E-state index >= 15 is 0 Å². The highest BCUT2D eigenvalue weighted by molar-refractivity contribution is 7.99. The van der Waals surface area contributed by atoms with Crippen LogP contribution >= 0.6 is 36.6 Å². The third-order valence-electron chi connectivity index (χ3n) is 4.54. The minimum Gasteiger partial charge on any atom is -0.399 e. The lowest BCUT2D eigenvalue weighted by atomic mass is 10.1. The number of amides is 1. The Morgan fingerprint density at radius 3 is 2.44 bits per heavy atom. The first-order chi connectivity index (χ1) is 12.1. The number of nitrogens with one attached hydrogen (secondary N) is 1. The van der Waals surface area contributed by atoms with Gasteiger partial charge in [-0.15, -0.1) is 24.8 Å². The molecule has 1 aliphatic heterocycles. The summed E-state index contributed by atoms with van der Waals surface area (Å²) in [6.07, 6.45) is 1.05. The number of aryl methyl sites for hydroxylation is 1. The number of halogens is 2. The number of rotatable bonds is 5. The fourth-order valence-electron chi connectivity index (χ4n) is 2.95. The fourth-order valence-corrected chi connectivity index (χ4v) is 3.93. The Bertz CT molecular complexity index is 735. The molecule has 0 unspecified atom stereocenters. The number of carbonyl (C=O) groups excluding carboxylic acids is 1. The highest BCUT2D eigenvalue weighted by atomic mass is 35.5. The standard InChI is InChI=1S/C20H25N3OS.2ClH/c1-15-2-5-17(21)14-19(15)20(24)22-18-6-3-16(4-7-18)8-9-23-10-12-25-13-11-23;;/h2-7,14H,8-13,21H2,1H3,(H,22,24);2*1H. The van der Waals surface area contributed by atoms with Gasteiger partial charge >= 0.3 is 0 Å². The Hall–Kier alpha value is -1.40. The van der Waals surface area contributed by atoms with Gasteiger partial charge in [0.15, 0.2) is 0 Å². The van der Waals surface area contributed by atoms with Crippen LogP contribution < -0.4 is 11.1 Å². The van der Waals surface area contributed by atoms with Gasteiger partial charge in [-0.05, 0) is 48.7 Å². The van der Waals surface area contributed by atoms with Gasteiger partial charge in [0.1, 0.15) is 0 Å². The maximum absolute atomic E-state index is 12.4. The Labute approximate surface area is 178 Å². The van der Waals surface area contributed by atoms with Crippen molar-refractivity contribution in [3.8, 4) is 0 Å². The van der Waals surface area contributed by atoms with Crippen molar-refractivity contribution in [2.75, 3.05) is 42.2 Å². The van der Waals surface area contributed by atoms with E-state index in [9.17, 15) is 4.79 Å². The average Bonchev–Trinajstić information content (AvgIpc) is 2.64. The van der Waals surface area contributed by atoms with E-state index in [-0.39, 0.29) is 30.7 Å². The van der Waals surface area contributed by atoms with Crippen molar-refractivity contribution in [3.05, 3.63) is 59.2 Å². The molecule has 3 N–H and O–H groups in total. The second kappa shape index (κ2) is 11.4. The molecule has 0 atom stereocenters. The monoisotopic (exact) mass is 427 g/mol. The van der Waals surface area contributed by atoms with Crippen molar-refractivity contribution in [3.63, 3.8) is 0 Å². The molecular formula is C20H27Cl2N3OS. The maximum Gasteiger partial charge on any atom is 0.256 e. The number of nitrogen functional groups attached to an aromatic ring is 1. The summed E-state index contributed by atoms with van der Waals surface area (Å²) in [5.74, 6) is 2.37. The Morgan fingerprint density at radius 2 is 1.78 bits per heavy atom. The van der Waals surface area contributed by atoms with Crippen LogP contribution in [0.2, 0.25) is 0 Å². The van der Waals surface area contributed by atoms with Gasteiger partial charge in [-0.3, -0.25) is 4.79 Å². The third kappa shape index (κ3) is 6.92.